The molecule has 0 saturated carbocycles. The van der Waals surface area contributed by atoms with Gasteiger partial charge in [0, 0.05) is 54.8 Å². The number of carbonyl (C=O) groups excluding carboxylic acids is 1. The number of likely N-dealkylation sites (N-methyl/N-ethyl adjacent to an activating group) is 2. The number of fused-ring (bicyclic) bond motifs is 3. The molecule has 0 unspecified atom stereocenters. The molecule has 2 aliphatic heterocycles. The second-order valence-corrected chi connectivity index (χ2v) is 15.0. The summed E-state index contributed by atoms with van der Waals surface area (Å²) in [5.41, 5.74) is 2.18. The number of hydrogen-bond acceptors (Lipinski definition) is 7. The highest BCUT2D eigenvalue weighted by atomic mass is 35.5. The Balaban J connectivity index is 1.49. The third kappa shape index (κ3) is 6.88. The maximum absolute atomic E-state index is 17.1. The van der Waals surface area contributed by atoms with E-state index in [0.29, 0.717) is 66.4 Å². The molecule has 0 radical (unpaired) electrons. The van der Waals surface area contributed by atoms with Crippen molar-refractivity contribution in [3.8, 4) is 17.2 Å². The summed E-state index contributed by atoms with van der Waals surface area (Å²) < 4.78 is 19.0. The monoisotopic (exact) mass is 728 g/mol. The molecule has 1 amide bonds. The lowest BCUT2D eigenvalue weighted by Crippen LogP contribution is -2.67. The largest absolute Gasteiger partial charge is 0.352 e. The van der Waals surface area contributed by atoms with Crippen molar-refractivity contribution in [2.75, 3.05) is 59.3 Å². The normalized spacial score (nSPS) is 19.2. The zero-order valence-corrected chi connectivity index (χ0v) is 31.2. The summed E-state index contributed by atoms with van der Waals surface area (Å²) in [5, 5.41) is 16.5. The standard InChI is InChI=1S/C39H43Cl2FN8O/c1-7-8-11-25-12-9-13-28(34(25)41)33-31(40)21-29-36(35(33)42)45-38(48-23-39(2,24-48)47(5)6)30-22-44-50(37(29)30)27-16-19-49(26(20-27)15-17-43)32(51)14-10-18-46(3)4/h7-14,21-22,26-27H,1,15-16,18-20,23-24H2,2-6H3/b11-8-,14-10+/t26-,27+/m1/s1. The molecule has 2 aliphatic rings. The number of rotatable bonds is 10. The van der Waals surface area contributed by atoms with Gasteiger partial charge in [-0.05, 0) is 59.6 Å². The summed E-state index contributed by atoms with van der Waals surface area (Å²) in [4.78, 5) is 26.3. The summed E-state index contributed by atoms with van der Waals surface area (Å²) in [6, 6.07) is 9.01. The van der Waals surface area contributed by atoms with Crippen LogP contribution in [0.3, 0.4) is 0 Å². The van der Waals surface area contributed by atoms with Crippen LogP contribution < -0.4 is 4.90 Å². The summed E-state index contributed by atoms with van der Waals surface area (Å²) in [6.07, 6.45) is 11.8. The third-order valence-corrected chi connectivity index (χ3v) is 10.9. The van der Waals surface area contributed by atoms with Gasteiger partial charge in [-0.15, -0.1) is 0 Å². The molecular weight excluding hydrogens is 686 g/mol. The van der Waals surface area contributed by atoms with E-state index in [1.807, 2.05) is 48.0 Å². The lowest BCUT2D eigenvalue weighted by atomic mass is 9.90. The molecule has 2 saturated heterocycles. The van der Waals surface area contributed by atoms with E-state index in [9.17, 15) is 10.1 Å². The number of hydrogen-bond donors (Lipinski definition) is 0. The molecule has 12 heteroatoms. The number of benzene rings is 2. The van der Waals surface area contributed by atoms with Gasteiger partial charge < -0.3 is 19.6 Å². The van der Waals surface area contributed by atoms with E-state index in [4.69, 9.17) is 33.3 Å². The van der Waals surface area contributed by atoms with Crippen molar-refractivity contribution in [3.63, 3.8) is 0 Å². The predicted molar refractivity (Wildman–Crippen MR) is 206 cm³/mol. The van der Waals surface area contributed by atoms with Gasteiger partial charge in [0.05, 0.1) is 51.2 Å². The molecule has 51 heavy (non-hydrogen) atoms. The average Bonchev–Trinajstić information content (AvgIpc) is 3.52. The number of pyridine rings is 1. The van der Waals surface area contributed by atoms with E-state index in [-0.39, 0.29) is 46.1 Å². The number of aromatic nitrogens is 3. The number of allylic oxidation sites excluding steroid dienone is 2. The quantitative estimate of drug-likeness (QED) is 0.123. The van der Waals surface area contributed by atoms with Crippen molar-refractivity contribution < 1.29 is 9.18 Å². The van der Waals surface area contributed by atoms with Crippen LogP contribution in [0.1, 0.15) is 37.8 Å². The van der Waals surface area contributed by atoms with Crippen molar-refractivity contribution in [2.45, 2.75) is 43.8 Å². The van der Waals surface area contributed by atoms with Crippen LogP contribution in [0.15, 0.2) is 61.3 Å². The first-order chi connectivity index (χ1) is 24.4. The second-order valence-electron chi connectivity index (χ2n) is 14.2. The first kappa shape index (κ1) is 36.5. The third-order valence-electron chi connectivity index (χ3n) is 10.2. The topological polar surface area (TPSA) is 84.5 Å². The Labute approximate surface area is 308 Å². The Morgan fingerprint density at radius 3 is 2.67 bits per heavy atom. The van der Waals surface area contributed by atoms with Crippen LogP contribution in [0, 0.1) is 17.1 Å². The smallest absolute Gasteiger partial charge is 0.246 e. The average molecular weight is 730 g/mol. The van der Waals surface area contributed by atoms with E-state index >= 15 is 4.39 Å². The number of nitriles is 1. The molecule has 4 heterocycles. The number of nitrogens with zero attached hydrogens (tertiary/aromatic N) is 8. The molecule has 266 valence electrons. The lowest BCUT2D eigenvalue weighted by molar-refractivity contribution is -0.130. The van der Waals surface area contributed by atoms with E-state index in [1.54, 1.807) is 41.5 Å². The fourth-order valence-corrected chi connectivity index (χ4v) is 7.75. The highest BCUT2D eigenvalue weighted by Crippen LogP contribution is 2.45. The van der Waals surface area contributed by atoms with Gasteiger partial charge in [-0.1, -0.05) is 72.3 Å². The van der Waals surface area contributed by atoms with Crippen LogP contribution in [0.2, 0.25) is 10.0 Å². The van der Waals surface area contributed by atoms with Crippen molar-refractivity contribution >= 4 is 62.8 Å². The molecule has 0 bridgehead atoms. The number of carbonyl (C=O) groups is 1. The Bertz CT molecular complexity index is 2090. The molecule has 0 spiro atoms. The van der Waals surface area contributed by atoms with Crippen molar-refractivity contribution in [2.24, 2.45) is 0 Å². The fraction of sp³-hybridized carbons (Fsp3) is 0.385. The Hall–Kier alpha value is -4.27. The number of likely N-dealkylation sites (tertiary alicyclic amines) is 1. The zero-order chi connectivity index (χ0) is 36.6. The minimum atomic E-state index is -0.566. The Morgan fingerprint density at radius 2 is 1.98 bits per heavy atom. The van der Waals surface area contributed by atoms with Crippen LogP contribution >= 0.6 is 23.2 Å². The minimum absolute atomic E-state index is 0.0690. The van der Waals surface area contributed by atoms with Gasteiger partial charge in [0.2, 0.25) is 5.91 Å². The first-order valence-electron chi connectivity index (χ1n) is 17.1. The Morgan fingerprint density at radius 1 is 1.22 bits per heavy atom. The van der Waals surface area contributed by atoms with Crippen molar-refractivity contribution in [3.05, 3.63) is 82.8 Å². The molecular formula is C39H43Cl2FN8O. The lowest BCUT2D eigenvalue weighted by Gasteiger charge is -2.52. The van der Waals surface area contributed by atoms with Gasteiger partial charge in [-0.25, -0.2) is 9.37 Å². The highest BCUT2D eigenvalue weighted by Gasteiger charge is 2.42. The number of anilines is 1. The SMILES string of the molecule is C=C/C=C\c1cccc(-c2c(Cl)cc3c(nc(N4CC(C)(N(C)C)C4)c4cnn([C@H]5CCN(C(=O)/C=C/CN(C)C)[C@H](CC#N)C5)c43)c2F)c1Cl. The van der Waals surface area contributed by atoms with Gasteiger partial charge in [-0.3, -0.25) is 9.48 Å². The second kappa shape index (κ2) is 14.8. The highest BCUT2D eigenvalue weighted by molar-refractivity contribution is 6.38. The first-order valence-corrected chi connectivity index (χ1v) is 17.8. The summed E-state index contributed by atoms with van der Waals surface area (Å²) in [5.74, 6) is -0.0248. The van der Waals surface area contributed by atoms with Crippen molar-refractivity contribution in [1.29, 1.82) is 5.26 Å². The minimum Gasteiger partial charge on any atom is -0.352 e. The Kier molecular flexibility index (Phi) is 10.6. The summed E-state index contributed by atoms with van der Waals surface area (Å²) in [7, 11) is 8.00. The maximum Gasteiger partial charge on any atom is 0.246 e. The van der Waals surface area contributed by atoms with Crippen molar-refractivity contribution in [1.82, 2.24) is 29.5 Å². The van der Waals surface area contributed by atoms with E-state index in [2.05, 4.69) is 43.5 Å². The van der Waals surface area contributed by atoms with Crippen LogP contribution in [-0.2, 0) is 4.79 Å². The number of halogens is 3. The maximum atomic E-state index is 17.1. The van der Waals surface area contributed by atoms with Gasteiger partial charge in [0.1, 0.15) is 11.3 Å². The molecule has 2 atom stereocenters. The van der Waals surface area contributed by atoms with Gasteiger partial charge in [-0.2, -0.15) is 10.4 Å². The molecule has 2 fully saturated rings. The van der Waals surface area contributed by atoms with Crippen LogP contribution in [0.25, 0.3) is 39.0 Å². The van der Waals surface area contributed by atoms with E-state index in [0.717, 1.165) is 10.9 Å². The van der Waals surface area contributed by atoms with E-state index in [1.165, 1.54) is 0 Å². The number of piperidine rings is 1. The fourth-order valence-electron chi connectivity index (χ4n) is 7.18. The molecule has 0 N–H and O–H groups in total. The summed E-state index contributed by atoms with van der Waals surface area (Å²) >= 11 is 13.8. The van der Waals surface area contributed by atoms with Crippen LogP contribution in [-0.4, -0.2) is 101 Å². The summed E-state index contributed by atoms with van der Waals surface area (Å²) in [6.45, 7) is 8.44. The zero-order valence-electron chi connectivity index (χ0n) is 29.7. The van der Waals surface area contributed by atoms with Gasteiger partial charge in [0.25, 0.3) is 0 Å². The van der Waals surface area contributed by atoms with Gasteiger partial charge >= 0.3 is 0 Å². The number of amides is 1. The molecule has 6 rings (SSSR count). The predicted octanol–water partition coefficient (Wildman–Crippen LogP) is 7.60. The molecule has 2 aromatic carbocycles. The molecule has 9 nitrogen and oxygen atoms in total. The van der Waals surface area contributed by atoms with Crippen LogP contribution in [0.5, 0.6) is 0 Å². The molecule has 0 aliphatic carbocycles. The molecule has 2 aromatic heterocycles. The van der Waals surface area contributed by atoms with E-state index < -0.39 is 5.82 Å². The van der Waals surface area contributed by atoms with Gasteiger partial charge in [0.15, 0.2) is 5.82 Å². The van der Waals surface area contributed by atoms with Crippen LogP contribution in [0.4, 0.5) is 10.2 Å². The molecule has 4 aromatic rings.